The molecule has 51 valence electrons. The third-order valence-electron chi connectivity index (χ3n) is 0.579. The minimum atomic E-state index is 1.17. The topological polar surface area (TPSA) is 24.7 Å². The molecular formula is C6H6N2VW. The van der Waals surface area contributed by atoms with Gasteiger partial charge in [0.2, 0.25) is 0 Å². The maximum absolute atomic E-state index is 3.85. The molecule has 0 aromatic carbocycles. The number of hydrogen-bond acceptors (Lipinski definition) is 1. The Morgan fingerprint density at radius 2 is 2.40 bits per heavy atom. The molecule has 0 aromatic rings. The van der Waals surface area contributed by atoms with Crippen LogP contribution in [0.1, 0.15) is 6.92 Å². The van der Waals surface area contributed by atoms with Gasteiger partial charge in [0, 0.05) is 0 Å². The van der Waals surface area contributed by atoms with E-state index < -0.39 is 0 Å². The van der Waals surface area contributed by atoms with Gasteiger partial charge >= 0.3 is 80.3 Å². The first-order chi connectivity index (χ1) is 4.77. The van der Waals surface area contributed by atoms with Gasteiger partial charge in [0.05, 0.1) is 0 Å². The zero-order valence-corrected chi connectivity index (χ0v) is 9.81. The fourth-order valence-electron chi connectivity index (χ4n) is 0.246. The summed E-state index contributed by atoms with van der Waals surface area (Å²) in [4.78, 5) is 7.55. The Labute approximate surface area is 80.1 Å². The van der Waals surface area contributed by atoms with E-state index in [0.29, 0.717) is 0 Å². The number of nitrogens with zero attached hydrogens (tertiary/aromatic N) is 2. The van der Waals surface area contributed by atoms with Gasteiger partial charge < -0.3 is 0 Å². The van der Waals surface area contributed by atoms with E-state index in [1.165, 1.54) is 29.9 Å². The third-order valence-corrected chi connectivity index (χ3v) is 1.19. The average Bonchev–Trinajstić information content (AvgIpc) is 1.87. The summed E-state index contributed by atoms with van der Waals surface area (Å²) >= 11 is 3.64. The first-order valence-corrected chi connectivity index (χ1v) is 4.71. The van der Waals surface area contributed by atoms with Crippen LogP contribution >= 0.6 is 0 Å². The molecular weight excluding hydrogens is 335 g/mol. The molecule has 0 N–H and O–H groups in total. The molecule has 0 aliphatic carbocycles. The van der Waals surface area contributed by atoms with Crippen molar-refractivity contribution in [1.82, 2.24) is 0 Å². The zero-order valence-electron chi connectivity index (χ0n) is 5.48. The molecule has 10 heavy (non-hydrogen) atoms. The van der Waals surface area contributed by atoms with Crippen LogP contribution in [-0.2, 0) is 36.3 Å². The molecule has 0 radical (unpaired) electrons. The summed E-state index contributed by atoms with van der Waals surface area (Å²) in [6.07, 6.45) is 5.07. The zero-order chi connectivity index (χ0) is 7.82. The van der Waals surface area contributed by atoms with E-state index in [4.69, 9.17) is 0 Å². The van der Waals surface area contributed by atoms with Gasteiger partial charge in [0.25, 0.3) is 0 Å². The predicted molar refractivity (Wildman–Crippen MR) is 35.7 cm³/mol. The van der Waals surface area contributed by atoms with E-state index in [1.807, 2.05) is 13.0 Å². The Balaban J connectivity index is 3.72. The number of hydrogen-bond donors (Lipinski definition) is 0. The van der Waals surface area contributed by atoms with E-state index in [1.54, 1.807) is 6.20 Å². The van der Waals surface area contributed by atoms with Crippen LogP contribution < -0.4 is 0 Å². The number of rotatable bonds is 3. The van der Waals surface area contributed by atoms with Crippen molar-refractivity contribution in [2.75, 3.05) is 0 Å². The first kappa shape index (κ1) is 10.1. The van der Waals surface area contributed by atoms with Gasteiger partial charge in [0.1, 0.15) is 0 Å². The van der Waals surface area contributed by atoms with Crippen LogP contribution in [0.2, 0.25) is 0 Å². The fraction of sp³-hybridized carbons (Fsp3) is 0.167. The van der Waals surface area contributed by atoms with E-state index in [0.717, 1.165) is 0 Å². The molecule has 0 fully saturated rings. The Kier molecular flexibility index (Phi) is 7.34. The van der Waals surface area contributed by atoms with Crippen LogP contribution in [0.25, 0.3) is 0 Å². The van der Waals surface area contributed by atoms with E-state index in [9.17, 15) is 0 Å². The summed E-state index contributed by atoms with van der Waals surface area (Å²) in [5.74, 6) is 0. The van der Waals surface area contributed by atoms with Gasteiger partial charge in [-0.05, 0) is 0 Å². The van der Waals surface area contributed by atoms with Gasteiger partial charge in [0.15, 0.2) is 0 Å². The molecule has 0 atom stereocenters. The first-order valence-electron chi connectivity index (χ1n) is 2.55. The van der Waals surface area contributed by atoms with Gasteiger partial charge in [-0.2, -0.15) is 0 Å². The second-order valence-corrected chi connectivity index (χ2v) is 3.20. The Morgan fingerprint density at radius 3 is 2.90 bits per heavy atom. The van der Waals surface area contributed by atoms with E-state index >= 15 is 0 Å². The molecule has 0 heterocycles. The molecule has 0 spiro atoms. The van der Waals surface area contributed by atoms with Crippen molar-refractivity contribution >= 4 is 14.8 Å². The molecule has 0 saturated carbocycles. The van der Waals surface area contributed by atoms with Crippen molar-refractivity contribution in [3.63, 3.8) is 0 Å². The molecule has 0 unspecified atom stereocenters. The SMILES string of the molecule is C[C](=[V])C=CN=CN=[C]=[W]. The molecule has 0 aliphatic rings. The van der Waals surface area contributed by atoms with Crippen LogP contribution in [0.15, 0.2) is 22.3 Å². The molecule has 0 aliphatic heterocycles. The van der Waals surface area contributed by atoms with Crippen molar-refractivity contribution in [3.8, 4) is 0 Å². The molecule has 0 saturated heterocycles. The molecule has 2 nitrogen and oxygen atoms in total. The standard InChI is InChI=1S/C6H6N2.V.W/c1-3-4-5-8-6-7-2;;/h4-6H,1H3;;. The van der Waals surface area contributed by atoms with Crippen LogP contribution in [0.3, 0.4) is 0 Å². The van der Waals surface area contributed by atoms with E-state index in [2.05, 4.69) is 31.2 Å². The quantitative estimate of drug-likeness (QED) is 0.534. The van der Waals surface area contributed by atoms with Crippen LogP contribution in [0, 0.1) is 0 Å². The normalized spacial score (nSPS) is 10.0. The second-order valence-electron chi connectivity index (χ2n) is 1.44. The summed E-state index contributed by atoms with van der Waals surface area (Å²) in [6, 6.07) is 0. The van der Waals surface area contributed by atoms with Gasteiger partial charge in [-0.3, -0.25) is 0 Å². The number of aliphatic imine (C=N–C) groups is 2. The fourth-order valence-corrected chi connectivity index (χ4v) is 0.520. The molecule has 0 rings (SSSR count). The number of allylic oxidation sites excluding steroid dienone is 1. The van der Waals surface area contributed by atoms with Crippen molar-refractivity contribution in [3.05, 3.63) is 12.3 Å². The van der Waals surface area contributed by atoms with Gasteiger partial charge in [-0.25, -0.2) is 0 Å². The van der Waals surface area contributed by atoms with Gasteiger partial charge in [-0.1, -0.05) is 0 Å². The Morgan fingerprint density at radius 1 is 1.70 bits per heavy atom. The summed E-state index contributed by atoms with van der Waals surface area (Å²) in [6.45, 7) is 1.99. The minimum absolute atomic E-state index is 1.17. The monoisotopic (exact) mass is 341 g/mol. The van der Waals surface area contributed by atoms with Crippen molar-refractivity contribution < 1.29 is 36.3 Å². The Hall–Kier alpha value is 0.133. The maximum atomic E-state index is 3.85. The van der Waals surface area contributed by atoms with E-state index in [-0.39, 0.29) is 0 Å². The van der Waals surface area contributed by atoms with Crippen LogP contribution in [-0.4, -0.2) is 14.8 Å². The summed E-state index contributed by atoms with van der Waals surface area (Å²) < 4.78 is 3.84. The van der Waals surface area contributed by atoms with Crippen molar-refractivity contribution in [2.45, 2.75) is 6.92 Å². The van der Waals surface area contributed by atoms with Crippen LogP contribution in [0.5, 0.6) is 0 Å². The molecule has 4 heteroatoms. The summed E-state index contributed by atoms with van der Waals surface area (Å²) in [5, 5.41) is 0. The second kappa shape index (κ2) is 7.24. The van der Waals surface area contributed by atoms with Crippen molar-refractivity contribution in [1.29, 1.82) is 0 Å². The Bertz CT molecular complexity index is 204. The average molecular weight is 341 g/mol. The molecule has 0 amide bonds. The third kappa shape index (κ3) is 8.13. The molecule has 0 bridgehead atoms. The summed E-state index contributed by atoms with van der Waals surface area (Å²) in [5.41, 5.74) is 0. The molecule has 0 aromatic heterocycles. The predicted octanol–water partition coefficient (Wildman–Crippen LogP) is 0.720. The summed E-state index contributed by atoms with van der Waals surface area (Å²) in [7, 11) is 0. The van der Waals surface area contributed by atoms with Crippen molar-refractivity contribution in [2.24, 2.45) is 9.98 Å². The van der Waals surface area contributed by atoms with Gasteiger partial charge in [-0.15, -0.1) is 0 Å². The van der Waals surface area contributed by atoms with Crippen LogP contribution in [0.4, 0.5) is 0 Å².